The highest BCUT2D eigenvalue weighted by Crippen LogP contribution is 2.24. The molecule has 1 aromatic heterocycles. The van der Waals surface area contributed by atoms with Gasteiger partial charge in [0.05, 0.1) is 12.1 Å². The van der Waals surface area contributed by atoms with Crippen LogP contribution in [0.3, 0.4) is 0 Å². The summed E-state index contributed by atoms with van der Waals surface area (Å²) < 4.78 is 18.2. The first-order chi connectivity index (χ1) is 10.1. The largest absolute Gasteiger partial charge is 0.443 e. The topological polar surface area (TPSA) is 75.4 Å². The molecule has 2 aromatic rings. The zero-order valence-electron chi connectivity index (χ0n) is 11.3. The van der Waals surface area contributed by atoms with E-state index in [1.54, 1.807) is 0 Å². The molecule has 1 saturated carbocycles. The second-order valence-electron chi connectivity index (χ2n) is 5.12. The molecule has 0 unspecified atom stereocenters. The van der Waals surface area contributed by atoms with Gasteiger partial charge in [-0.05, 0) is 43.5 Å². The summed E-state index contributed by atoms with van der Waals surface area (Å²) in [4.78, 5) is 16.2. The molecule has 5 nitrogen and oxygen atoms in total. The van der Waals surface area contributed by atoms with Gasteiger partial charge < -0.3 is 14.8 Å². The van der Waals surface area contributed by atoms with Gasteiger partial charge >= 0.3 is 0 Å². The minimum absolute atomic E-state index is 0.140. The van der Waals surface area contributed by atoms with E-state index in [2.05, 4.69) is 10.3 Å². The quantitative estimate of drug-likeness (QED) is 0.908. The lowest BCUT2D eigenvalue weighted by atomic mass is 10.1. The van der Waals surface area contributed by atoms with Gasteiger partial charge in [-0.3, -0.25) is 4.79 Å². The zero-order valence-corrected chi connectivity index (χ0v) is 11.3. The van der Waals surface area contributed by atoms with Crippen LogP contribution >= 0.6 is 0 Å². The second-order valence-corrected chi connectivity index (χ2v) is 5.12. The van der Waals surface area contributed by atoms with E-state index in [9.17, 15) is 14.3 Å². The fraction of sp³-hybridized carbons (Fsp3) is 0.333. The molecule has 2 atom stereocenters. The van der Waals surface area contributed by atoms with Crippen LogP contribution in [0.2, 0.25) is 0 Å². The van der Waals surface area contributed by atoms with E-state index in [4.69, 9.17) is 4.42 Å². The van der Waals surface area contributed by atoms with Gasteiger partial charge in [-0.2, -0.15) is 0 Å². The molecule has 2 N–H and O–H groups in total. The van der Waals surface area contributed by atoms with Crippen molar-refractivity contribution in [3.8, 4) is 11.3 Å². The highest BCUT2D eigenvalue weighted by molar-refractivity contribution is 5.97. The van der Waals surface area contributed by atoms with Crippen LogP contribution in [0, 0.1) is 5.82 Å². The number of aliphatic hydroxyl groups is 1. The Hall–Kier alpha value is -2.21. The summed E-state index contributed by atoms with van der Waals surface area (Å²) in [6, 6.07) is 5.38. The molecule has 110 valence electrons. The summed E-state index contributed by atoms with van der Waals surface area (Å²) >= 11 is 0. The molecule has 3 rings (SSSR count). The van der Waals surface area contributed by atoms with Crippen LogP contribution in [0.25, 0.3) is 11.3 Å². The highest BCUT2D eigenvalue weighted by Gasteiger charge is 2.28. The van der Waals surface area contributed by atoms with Gasteiger partial charge in [0.15, 0.2) is 17.8 Å². The first-order valence-electron chi connectivity index (χ1n) is 6.83. The average Bonchev–Trinajstić information content (AvgIpc) is 3.09. The Kier molecular flexibility index (Phi) is 3.70. The van der Waals surface area contributed by atoms with Crippen LogP contribution in [-0.2, 0) is 0 Å². The Bertz CT molecular complexity index is 639. The molecule has 1 aliphatic carbocycles. The Morgan fingerprint density at radius 2 is 2.10 bits per heavy atom. The van der Waals surface area contributed by atoms with Crippen molar-refractivity contribution in [1.82, 2.24) is 10.3 Å². The van der Waals surface area contributed by atoms with Gasteiger partial charge in [0.2, 0.25) is 0 Å². The molecule has 0 aliphatic heterocycles. The number of hydrogen-bond acceptors (Lipinski definition) is 4. The van der Waals surface area contributed by atoms with Gasteiger partial charge in [-0.1, -0.05) is 0 Å². The molecule has 1 heterocycles. The van der Waals surface area contributed by atoms with Crippen LogP contribution in [0.15, 0.2) is 35.1 Å². The van der Waals surface area contributed by atoms with E-state index >= 15 is 0 Å². The van der Waals surface area contributed by atoms with E-state index in [0.717, 1.165) is 12.8 Å². The third-order valence-electron chi connectivity index (χ3n) is 3.68. The van der Waals surface area contributed by atoms with E-state index in [0.29, 0.717) is 17.7 Å². The number of halogens is 1. The lowest BCUT2D eigenvalue weighted by molar-refractivity contribution is 0.0869. The van der Waals surface area contributed by atoms with Crippen LogP contribution in [0.4, 0.5) is 4.39 Å². The molecule has 1 aliphatic rings. The molecule has 0 saturated heterocycles. The summed E-state index contributed by atoms with van der Waals surface area (Å²) in [5.74, 6) is -0.465. The van der Waals surface area contributed by atoms with Crippen LogP contribution < -0.4 is 5.32 Å². The minimum atomic E-state index is -0.518. The van der Waals surface area contributed by atoms with Crippen molar-refractivity contribution in [2.75, 3.05) is 0 Å². The number of nitrogens with zero attached hydrogens (tertiary/aromatic N) is 1. The first kappa shape index (κ1) is 13.8. The number of carbonyl (C=O) groups excluding carboxylic acids is 1. The first-order valence-corrected chi connectivity index (χ1v) is 6.83. The van der Waals surface area contributed by atoms with E-state index < -0.39 is 12.0 Å². The Morgan fingerprint density at radius 1 is 1.33 bits per heavy atom. The monoisotopic (exact) mass is 290 g/mol. The number of carbonyl (C=O) groups is 1. The summed E-state index contributed by atoms with van der Waals surface area (Å²) in [5, 5.41) is 12.5. The van der Waals surface area contributed by atoms with Crippen molar-refractivity contribution < 1.29 is 18.7 Å². The molecular formula is C15H15FN2O3. The maximum absolute atomic E-state index is 12.9. The number of amides is 1. The van der Waals surface area contributed by atoms with Crippen molar-refractivity contribution in [3.63, 3.8) is 0 Å². The number of aromatic nitrogens is 1. The lowest BCUT2D eigenvalue weighted by Crippen LogP contribution is -2.40. The van der Waals surface area contributed by atoms with Crippen molar-refractivity contribution in [2.24, 2.45) is 0 Å². The molecule has 1 fully saturated rings. The fourth-order valence-electron chi connectivity index (χ4n) is 2.56. The highest BCUT2D eigenvalue weighted by atomic mass is 19.1. The van der Waals surface area contributed by atoms with Crippen molar-refractivity contribution in [1.29, 1.82) is 0 Å². The number of hydrogen-bond donors (Lipinski definition) is 2. The average molecular weight is 290 g/mol. The zero-order chi connectivity index (χ0) is 14.8. The molecule has 1 amide bonds. The van der Waals surface area contributed by atoms with E-state index in [-0.39, 0.29) is 17.6 Å². The summed E-state index contributed by atoms with van der Waals surface area (Å²) in [6.45, 7) is 0. The molecule has 0 bridgehead atoms. The summed E-state index contributed by atoms with van der Waals surface area (Å²) in [6.07, 6.45) is 2.98. The molecule has 1 aromatic carbocycles. The number of aliphatic hydroxyl groups excluding tert-OH is 1. The SMILES string of the molecule is O=C(N[C@H]1CCC[C@@H]1O)c1ncoc1-c1ccc(F)cc1. The molecule has 0 radical (unpaired) electrons. The Balaban J connectivity index is 1.81. The number of nitrogens with one attached hydrogen (secondary N) is 1. The number of benzene rings is 1. The maximum atomic E-state index is 12.9. The molecule has 21 heavy (non-hydrogen) atoms. The van der Waals surface area contributed by atoms with Crippen molar-refractivity contribution in [2.45, 2.75) is 31.4 Å². The number of oxazole rings is 1. The smallest absolute Gasteiger partial charge is 0.274 e. The summed E-state index contributed by atoms with van der Waals surface area (Å²) in [5.41, 5.74) is 0.715. The van der Waals surface area contributed by atoms with E-state index in [1.807, 2.05) is 0 Å². The van der Waals surface area contributed by atoms with Crippen molar-refractivity contribution in [3.05, 3.63) is 42.2 Å². The summed E-state index contributed by atoms with van der Waals surface area (Å²) in [7, 11) is 0. The van der Waals surface area contributed by atoms with Crippen molar-refractivity contribution >= 4 is 5.91 Å². The van der Waals surface area contributed by atoms with Gasteiger partial charge in [0, 0.05) is 5.56 Å². The third-order valence-corrected chi connectivity index (χ3v) is 3.68. The number of rotatable bonds is 3. The Labute approximate surface area is 120 Å². The minimum Gasteiger partial charge on any atom is -0.443 e. The van der Waals surface area contributed by atoms with Crippen LogP contribution in [0.1, 0.15) is 29.8 Å². The predicted octanol–water partition coefficient (Wildman–Crippen LogP) is 2.12. The normalized spacial score (nSPS) is 21.4. The lowest BCUT2D eigenvalue weighted by Gasteiger charge is -2.15. The maximum Gasteiger partial charge on any atom is 0.274 e. The second kappa shape index (κ2) is 5.65. The molecule has 0 spiro atoms. The fourth-order valence-corrected chi connectivity index (χ4v) is 2.56. The van der Waals surface area contributed by atoms with Gasteiger partial charge in [-0.15, -0.1) is 0 Å². The van der Waals surface area contributed by atoms with Crippen LogP contribution in [-0.4, -0.2) is 28.1 Å². The molecule has 6 heteroatoms. The third kappa shape index (κ3) is 2.80. The Morgan fingerprint density at radius 3 is 2.76 bits per heavy atom. The van der Waals surface area contributed by atoms with Crippen LogP contribution in [0.5, 0.6) is 0 Å². The van der Waals surface area contributed by atoms with Gasteiger partial charge in [0.1, 0.15) is 5.82 Å². The predicted molar refractivity (Wildman–Crippen MR) is 73.0 cm³/mol. The van der Waals surface area contributed by atoms with Gasteiger partial charge in [-0.25, -0.2) is 9.37 Å². The van der Waals surface area contributed by atoms with Gasteiger partial charge in [0.25, 0.3) is 5.91 Å². The molecular weight excluding hydrogens is 275 g/mol. The van der Waals surface area contributed by atoms with E-state index in [1.165, 1.54) is 30.7 Å². The standard InChI is InChI=1S/C15H15FN2O3/c16-10-6-4-9(5-7-10)14-13(17-8-21-14)15(20)18-11-2-1-3-12(11)19/h4-8,11-12,19H,1-3H2,(H,18,20)/t11-,12-/m0/s1.